The minimum absolute atomic E-state index is 0.0353. The Kier molecular flexibility index (Phi) is 3.84. The molecule has 0 saturated carbocycles. The average molecular weight is 279 g/mol. The Morgan fingerprint density at radius 3 is 2.43 bits per heavy atom. The monoisotopic (exact) mass is 279 g/mol. The van der Waals surface area contributed by atoms with Crippen LogP contribution in [0.3, 0.4) is 0 Å². The summed E-state index contributed by atoms with van der Waals surface area (Å²) in [4.78, 5) is 11.9. The topological polar surface area (TPSA) is 49.3 Å². The SMILES string of the molecule is O=C(CCCO)Nc1cccc2cc3ccccc3cc12. The maximum atomic E-state index is 11.9. The van der Waals surface area contributed by atoms with Crippen molar-refractivity contribution >= 4 is 33.1 Å². The zero-order valence-electron chi connectivity index (χ0n) is 11.7. The van der Waals surface area contributed by atoms with E-state index in [0.29, 0.717) is 12.8 Å². The van der Waals surface area contributed by atoms with Crippen LogP contribution < -0.4 is 5.32 Å². The molecule has 2 N–H and O–H groups in total. The molecule has 0 aliphatic heterocycles. The van der Waals surface area contributed by atoms with Crippen molar-refractivity contribution in [1.29, 1.82) is 0 Å². The molecule has 0 spiro atoms. The molecule has 0 unspecified atom stereocenters. The van der Waals surface area contributed by atoms with E-state index in [9.17, 15) is 4.79 Å². The number of nitrogens with one attached hydrogen (secondary N) is 1. The minimum atomic E-state index is -0.0651. The lowest BCUT2D eigenvalue weighted by molar-refractivity contribution is -0.116. The quantitative estimate of drug-likeness (QED) is 0.715. The third kappa shape index (κ3) is 2.88. The van der Waals surface area contributed by atoms with E-state index in [1.54, 1.807) is 0 Å². The Balaban J connectivity index is 2.02. The summed E-state index contributed by atoms with van der Waals surface area (Å²) in [6.07, 6.45) is 0.819. The van der Waals surface area contributed by atoms with E-state index in [4.69, 9.17) is 5.11 Å². The van der Waals surface area contributed by atoms with E-state index in [2.05, 4.69) is 29.6 Å². The summed E-state index contributed by atoms with van der Waals surface area (Å²) < 4.78 is 0. The van der Waals surface area contributed by atoms with E-state index in [-0.39, 0.29) is 12.5 Å². The summed E-state index contributed by atoms with van der Waals surface area (Å²) >= 11 is 0. The molecule has 0 aliphatic carbocycles. The summed E-state index contributed by atoms with van der Waals surface area (Å²) in [6, 6.07) is 18.3. The number of aliphatic hydroxyl groups is 1. The van der Waals surface area contributed by atoms with Crippen LogP contribution in [0.4, 0.5) is 5.69 Å². The number of carbonyl (C=O) groups is 1. The average Bonchev–Trinajstić information content (AvgIpc) is 2.51. The molecule has 3 aromatic carbocycles. The molecule has 0 aromatic heterocycles. The molecule has 3 heteroatoms. The molecule has 21 heavy (non-hydrogen) atoms. The summed E-state index contributed by atoms with van der Waals surface area (Å²) in [5.41, 5.74) is 0.821. The van der Waals surface area contributed by atoms with E-state index >= 15 is 0 Å². The van der Waals surface area contributed by atoms with Gasteiger partial charge in [0.25, 0.3) is 0 Å². The normalized spacial score (nSPS) is 10.9. The molecule has 0 aliphatic rings. The second-order valence-corrected chi connectivity index (χ2v) is 5.10. The van der Waals surface area contributed by atoms with E-state index in [1.807, 2.05) is 30.3 Å². The van der Waals surface area contributed by atoms with Crippen molar-refractivity contribution < 1.29 is 9.90 Å². The zero-order chi connectivity index (χ0) is 14.7. The summed E-state index contributed by atoms with van der Waals surface area (Å²) in [6.45, 7) is 0.0353. The molecular formula is C18H17NO2. The smallest absolute Gasteiger partial charge is 0.224 e. The number of hydrogen-bond acceptors (Lipinski definition) is 2. The molecule has 0 saturated heterocycles. The fraction of sp³-hybridized carbons (Fsp3) is 0.167. The maximum absolute atomic E-state index is 11.9. The van der Waals surface area contributed by atoms with Gasteiger partial charge in [-0.05, 0) is 40.8 Å². The van der Waals surface area contributed by atoms with Gasteiger partial charge >= 0.3 is 0 Å². The maximum Gasteiger partial charge on any atom is 0.224 e. The Hall–Kier alpha value is -2.39. The van der Waals surface area contributed by atoms with Gasteiger partial charge in [0.15, 0.2) is 0 Å². The number of rotatable bonds is 4. The highest BCUT2D eigenvalue weighted by Gasteiger charge is 2.06. The Morgan fingerprint density at radius 2 is 1.67 bits per heavy atom. The highest BCUT2D eigenvalue weighted by Crippen LogP contribution is 2.28. The summed E-state index contributed by atoms with van der Waals surface area (Å²) in [5, 5.41) is 16.2. The van der Waals surface area contributed by atoms with Crippen LogP contribution >= 0.6 is 0 Å². The molecule has 3 aromatic rings. The first-order valence-electron chi connectivity index (χ1n) is 7.10. The molecule has 106 valence electrons. The highest BCUT2D eigenvalue weighted by atomic mass is 16.3. The minimum Gasteiger partial charge on any atom is -0.396 e. The zero-order valence-corrected chi connectivity index (χ0v) is 11.7. The van der Waals surface area contributed by atoms with Gasteiger partial charge in [0.05, 0.1) is 0 Å². The van der Waals surface area contributed by atoms with Crippen LogP contribution in [0.25, 0.3) is 21.5 Å². The Morgan fingerprint density at radius 1 is 0.952 bits per heavy atom. The van der Waals surface area contributed by atoms with Gasteiger partial charge in [-0.25, -0.2) is 0 Å². The van der Waals surface area contributed by atoms with Gasteiger partial charge in [0.2, 0.25) is 5.91 Å². The van der Waals surface area contributed by atoms with Crippen LogP contribution in [0.5, 0.6) is 0 Å². The number of hydrogen-bond donors (Lipinski definition) is 2. The van der Waals surface area contributed by atoms with Gasteiger partial charge in [0.1, 0.15) is 0 Å². The first-order chi connectivity index (χ1) is 10.3. The Labute approximate surface area is 123 Å². The number of aliphatic hydroxyl groups excluding tert-OH is 1. The first-order valence-corrected chi connectivity index (χ1v) is 7.10. The van der Waals surface area contributed by atoms with E-state index in [0.717, 1.165) is 21.8 Å². The van der Waals surface area contributed by atoms with Crippen molar-refractivity contribution in [3.8, 4) is 0 Å². The van der Waals surface area contributed by atoms with Gasteiger partial charge in [-0.3, -0.25) is 4.79 Å². The molecule has 0 radical (unpaired) electrons. The lowest BCUT2D eigenvalue weighted by atomic mass is 10.0. The van der Waals surface area contributed by atoms with Gasteiger partial charge in [0, 0.05) is 24.1 Å². The number of fused-ring (bicyclic) bond motifs is 2. The summed E-state index contributed by atoms with van der Waals surface area (Å²) in [5.74, 6) is -0.0651. The van der Waals surface area contributed by atoms with Crippen LogP contribution in [0.1, 0.15) is 12.8 Å². The lowest BCUT2D eigenvalue weighted by Gasteiger charge is -2.10. The highest BCUT2D eigenvalue weighted by molar-refractivity contribution is 6.07. The lowest BCUT2D eigenvalue weighted by Crippen LogP contribution is -2.11. The van der Waals surface area contributed by atoms with Gasteiger partial charge < -0.3 is 10.4 Å². The predicted molar refractivity (Wildman–Crippen MR) is 86.4 cm³/mol. The van der Waals surface area contributed by atoms with Crippen LogP contribution in [0.15, 0.2) is 54.6 Å². The van der Waals surface area contributed by atoms with Crippen molar-refractivity contribution in [3.63, 3.8) is 0 Å². The molecule has 3 rings (SSSR count). The van der Waals surface area contributed by atoms with Crippen molar-refractivity contribution in [1.82, 2.24) is 0 Å². The van der Waals surface area contributed by atoms with Crippen molar-refractivity contribution in [3.05, 3.63) is 54.6 Å². The Bertz CT molecular complexity index is 795. The molecule has 1 amide bonds. The second kappa shape index (κ2) is 5.94. The molecular weight excluding hydrogens is 262 g/mol. The van der Waals surface area contributed by atoms with Gasteiger partial charge in [-0.2, -0.15) is 0 Å². The van der Waals surface area contributed by atoms with Crippen LogP contribution in [0, 0.1) is 0 Å². The first kappa shape index (κ1) is 13.6. The number of anilines is 1. The molecule has 0 heterocycles. The molecule has 0 fully saturated rings. The van der Waals surface area contributed by atoms with E-state index in [1.165, 1.54) is 5.39 Å². The van der Waals surface area contributed by atoms with Crippen molar-refractivity contribution in [2.24, 2.45) is 0 Å². The third-order valence-corrected chi connectivity index (χ3v) is 3.58. The van der Waals surface area contributed by atoms with Gasteiger partial charge in [-0.15, -0.1) is 0 Å². The van der Waals surface area contributed by atoms with E-state index < -0.39 is 0 Å². The predicted octanol–water partition coefficient (Wildman–Crippen LogP) is 3.70. The number of carbonyl (C=O) groups excluding carboxylic acids is 1. The number of amides is 1. The van der Waals surface area contributed by atoms with Crippen molar-refractivity contribution in [2.45, 2.75) is 12.8 Å². The fourth-order valence-corrected chi connectivity index (χ4v) is 2.53. The summed E-state index contributed by atoms with van der Waals surface area (Å²) in [7, 11) is 0. The second-order valence-electron chi connectivity index (χ2n) is 5.10. The standard InChI is InChI=1S/C18H17NO2/c20-10-4-9-18(21)19-17-8-3-7-15-11-13-5-1-2-6-14(13)12-16(15)17/h1-3,5-8,11-12,20H,4,9-10H2,(H,19,21). The fourth-order valence-electron chi connectivity index (χ4n) is 2.53. The van der Waals surface area contributed by atoms with Crippen LogP contribution in [-0.2, 0) is 4.79 Å². The van der Waals surface area contributed by atoms with Crippen LogP contribution in [-0.4, -0.2) is 17.6 Å². The largest absolute Gasteiger partial charge is 0.396 e. The van der Waals surface area contributed by atoms with Crippen LogP contribution in [0.2, 0.25) is 0 Å². The molecule has 0 atom stereocenters. The van der Waals surface area contributed by atoms with Crippen molar-refractivity contribution in [2.75, 3.05) is 11.9 Å². The van der Waals surface area contributed by atoms with Gasteiger partial charge in [-0.1, -0.05) is 36.4 Å². The third-order valence-electron chi connectivity index (χ3n) is 3.58. The molecule has 3 nitrogen and oxygen atoms in total. The number of benzene rings is 3. The molecule has 0 bridgehead atoms.